The Bertz CT molecular complexity index is 1480. The molecule has 2 aliphatic heterocycles. The molecule has 1 saturated heterocycles. The van der Waals surface area contributed by atoms with Gasteiger partial charge in [0, 0.05) is 23.9 Å². The van der Waals surface area contributed by atoms with Crippen LogP contribution in [0, 0.1) is 0 Å². The molecule has 0 aromatic carbocycles. The lowest BCUT2D eigenvalue weighted by atomic mass is 10.0. The van der Waals surface area contributed by atoms with Gasteiger partial charge in [0.25, 0.3) is 11.8 Å². The smallest absolute Gasteiger partial charge is 0.352 e. The number of β-lactam (4-membered cyclic amide) rings is 1. The molecule has 2 unspecified atom stereocenters. The maximum Gasteiger partial charge on any atom is 0.352 e. The van der Waals surface area contributed by atoms with Gasteiger partial charge in [-0.05, 0) is 16.0 Å². The van der Waals surface area contributed by atoms with Crippen LogP contribution >= 0.6 is 34.9 Å². The zero-order chi connectivity index (χ0) is 28.3. The van der Waals surface area contributed by atoms with Crippen molar-refractivity contribution in [1.29, 1.82) is 0 Å². The number of nitrogens with zero attached hydrogens (tertiary/aromatic N) is 7. The second kappa shape index (κ2) is 11.7. The number of fused-ring (bicyclic) bond motifs is 1. The second-order valence-corrected chi connectivity index (χ2v) is 12.6. The van der Waals surface area contributed by atoms with Crippen molar-refractivity contribution in [2.75, 3.05) is 29.1 Å². The van der Waals surface area contributed by atoms with Crippen LogP contribution in [0.4, 0.5) is 5.13 Å². The summed E-state index contributed by atoms with van der Waals surface area (Å²) in [5.74, 6) is -2.13. The molecule has 39 heavy (non-hydrogen) atoms. The van der Waals surface area contributed by atoms with Gasteiger partial charge in [0.15, 0.2) is 10.8 Å². The number of carboxylic acids is 1. The average Bonchev–Trinajstić information content (AvgIpc) is 3.50. The predicted molar refractivity (Wildman–Crippen MR) is 142 cm³/mol. The molecule has 20 heteroatoms. The number of hydrogen-bond donors (Lipinski definition) is 3. The van der Waals surface area contributed by atoms with Crippen molar-refractivity contribution in [1.82, 2.24) is 35.4 Å². The minimum absolute atomic E-state index is 0.00388. The van der Waals surface area contributed by atoms with E-state index in [2.05, 4.69) is 42.3 Å². The minimum Gasteiger partial charge on any atom is -0.477 e. The number of aliphatic carboxylic acids is 1. The van der Waals surface area contributed by atoms with Gasteiger partial charge in [-0.2, -0.15) is 0 Å². The number of carboxylic acid groups (broad SMARTS) is 1. The molecule has 2 aliphatic rings. The molecule has 1 fully saturated rings. The molecule has 4 rings (SSSR count). The number of tetrazole rings is 1. The van der Waals surface area contributed by atoms with Crippen LogP contribution < -0.4 is 10.0 Å². The number of aryl methyl sites for hydroxylation is 1. The summed E-state index contributed by atoms with van der Waals surface area (Å²) >= 11 is 3.46. The summed E-state index contributed by atoms with van der Waals surface area (Å²) in [5, 5.41) is 28.6. The molecule has 4 heterocycles. The highest BCUT2D eigenvalue weighted by Gasteiger charge is 2.54. The third-order valence-electron chi connectivity index (χ3n) is 5.08. The molecule has 16 nitrogen and oxygen atoms in total. The van der Waals surface area contributed by atoms with Crippen LogP contribution in [0.1, 0.15) is 5.69 Å². The normalized spacial score (nSPS) is 19.3. The number of thiazole rings is 1. The van der Waals surface area contributed by atoms with E-state index in [0.717, 1.165) is 22.5 Å². The van der Waals surface area contributed by atoms with Crippen molar-refractivity contribution in [2.24, 2.45) is 12.2 Å². The van der Waals surface area contributed by atoms with E-state index in [0.29, 0.717) is 16.5 Å². The van der Waals surface area contributed by atoms with Gasteiger partial charge in [-0.3, -0.25) is 19.2 Å². The van der Waals surface area contributed by atoms with Gasteiger partial charge in [0.2, 0.25) is 15.2 Å². The first-order valence-corrected chi connectivity index (χ1v) is 15.6. The number of thioether (sulfide) groups is 2. The molecule has 0 bridgehead atoms. The van der Waals surface area contributed by atoms with Crippen LogP contribution in [0.5, 0.6) is 0 Å². The molecule has 0 saturated carbocycles. The Morgan fingerprint density at radius 2 is 2.21 bits per heavy atom. The van der Waals surface area contributed by atoms with Gasteiger partial charge in [-0.1, -0.05) is 29.6 Å². The maximum absolute atomic E-state index is 13.1. The number of oxime groups is 1. The van der Waals surface area contributed by atoms with E-state index in [1.54, 1.807) is 7.05 Å². The van der Waals surface area contributed by atoms with Crippen molar-refractivity contribution in [3.05, 3.63) is 35.0 Å². The fourth-order valence-electron chi connectivity index (χ4n) is 3.45. The zero-order valence-corrected chi connectivity index (χ0v) is 23.6. The Hall–Kier alpha value is -3.49. The van der Waals surface area contributed by atoms with Gasteiger partial charge < -0.3 is 15.3 Å². The van der Waals surface area contributed by atoms with Gasteiger partial charge >= 0.3 is 5.97 Å². The summed E-state index contributed by atoms with van der Waals surface area (Å²) in [7, 11) is -1.95. The Morgan fingerprint density at radius 3 is 2.85 bits per heavy atom. The van der Waals surface area contributed by atoms with Gasteiger partial charge in [0.1, 0.15) is 29.4 Å². The fourth-order valence-corrected chi connectivity index (χ4v) is 7.33. The lowest BCUT2D eigenvalue weighted by Crippen LogP contribution is -2.71. The number of sulfonamides is 1. The Labute approximate surface area is 234 Å². The largest absolute Gasteiger partial charge is 0.477 e. The van der Waals surface area contributed by atoms with E-state index in [1.807, 2.05) is 0 Å². The van der Waals surface area contributed by atoms with Gasteiger partial charge in [-0.15, -0.1) is 28.2 Å². The van der Waals surface area contributed by atoms with Crippen molar-refractivity contribution in [3.8, 4) is 0 Å². The molecule has 2 amide bonds. The van der Waals surface area contributed by atoms with Crippen molar-refractivity contribution >= 4 is 73.5 Å². The number of rotatable bonds is 12. The quantitative estimate of drug-likeness (QED) is 0.0686. The van der Waals surface area contributed by atoms with Gasteiger partial charge in [-0.25, -0.2) is 22.9 Å². The van der Waals surface area contributed by atoms with E-state index in [9.17, 15) is 27.9 Å². The summed E-state index contributed by atoms with van der Waals surface area (Å²) < 4.78 is 26.7. The SMILES string of the molecule is C=CCO/N=C(/C(=O)NC1C(=O)N2C(C(=O)O)=C(CSc3nnnn3C)CSC12)c1csc(NS(C)(=O)=O)n1. The Kier molecular flexibility index (Phi) is 8.57. The molecule has 0 radical (unpaired) electrons. The number of carbonyl (C=O) groups excluding carboxylic acids is 2. The highest BCUT2D eigenvalue weighted by molar-refractivity contribution is 8.01. The number of hydrogen-bond acceptors (Lipinski definition) is 14. The van der Waals surface area contributed by atoms with Crippen LogP contribution in [0.15, 0.2) is 39.6 Å². The first kappa shape index (κ1) is 28.5. The predicted octanol–water partition coefficient (Wildman–Crippen LogP) is -0.524. The molecule has 2 atom stereocenters. The molecule has 3 N–H and O–H groups in total. The highest BCUT2D eigenvalue weighted by Crippen LogP contribution is 2.41. The monoisotopic (exact) mass is 615 g/mol. The Morgan fingerprint density at radius 1 is 1.44 bits per heavy atom. The average molecular weight is 616 g/mol. The minimum atomic E-state index is -3.61. The van der Waals surface area contributed by atoms with Crippen LogP contribution in [-0.2, 0) is 36.3 Å². The lowest BCUT2D eigenvalue weighted by Gasteiger charge is -2.49. The summed E-state index contributed by atoms with van der Waals surface area (Å²) in [6, 6.07) is -1.04. The number of aromatic nitrogens is 5. The topological polar surface area (TPSA) is 211 Å². The molecule has 2 aromatic rings. The van der Waals surface area contributed by atoms with Crippen LogP contribution in [-0.4, -0.2) is 103 Å². The fraction of sp³-hybridized carbons (Fsp3) is 0.368. The first-order valence-electron chi connectivity index (χ1n) is 10.8. The third kappa shape index (κ3) is 6.40. The van der Waals surface area contributed by atoms with Crippen molar-refractivity contribution in [3.63, 3.8) is 0 Å². The third-order valence-corrected chi connectivity index (χ3v) is 8.96. The summed E-state index contributed by atoms with van der Waals surface area (Å²) in [6.45, 7) is 3.48. The number of amides is 2. The number of anilines is 1. The summed E-state index contributed by atoms with van der Waals surface area (Å²) in [5.41, 5.74) is 0.0841. The zero-order valence-electron chi connectivity index (χ0n) is 20.3. The van der Waals surface area contributed by atoms with Crippen molar-refractivity contribution < 1.29 is 32.7 Å². The lowest BCUT2D eigenvalue weighted by molar-refractivity contribution is -0.150. The first-order chi connectivity index (χ1) is 18.5. The molecule has 208 valence electrons. The Balaban J connectivity index is 1.50. The highest BCUT2D eigenvalue weighted by atomic mass is 32.2. The van der Waals surface area contributed by atoms with E-state index in [-0.39, 0.29) is 34.6 Å². The molecular formula is C19H21N9O7S4. The summed E-state index contributed by atoms with van der Waals surface area (Å²) in [6.07, 6.45) is 2.36. The molecular weight excluding hydrogens is 595 g/mol. The van der Waals surface area contributed by atoms with Crippen LogP contribution in [0.3, 0.4) is 0 Å². The van der Waals surface area contributed by atoms with Crippen LogP contribution in [0.2, 0.25) is 0 Å². The molecule has 0 aliphatic carbocycles. The van der Waals surface area contributed by atoms with E-state index >= 15 is 0 Å². The molecule has 0 spiro atoms. The maximum atomic E-state index is 13.1. The second-order valence-electron chi connectivity index (χ2n) is 7.93. The van der Waals surface area contributed by atoms with Crippen LogP contribution in [0.25, 0.3) is 0 Å². The summed E-state index contributed by atoms with van der Waals surface area (Å²) in [4.78, 5) is 48.6. The van der Waals surface area contributed by atoms with E-state index < -0.39 is 39.2 Å². The van der Waals surface area contributed by atoms with Gasteiger partial charge in [0.05, 0.1) is 6.26 Å². The molecule has 2 aromatic heterocycles. The van der Waals surface area contributed by atoms with E-state index in [4.69, 9.17) is 4.84 Å². The van der Waals surface area contributed by atoms with Crippen molar-refractivity contribution in [2.45, 2.75) is 16.6 Å². The standard InChI is InChI=1S/C19H21N9O7S4/c1-4-5-35-23-11(10-8-37-18(20-10)24-39(3,33)34)14(29)21-12-15(30)28-13(17(31)32)9(6-36-16(12)28)7-38-19-22-25-26-27(19)2/h4,8,12,16H,1,5-7H2,2-3H3,(H,20,24)(H,21,29)(H,31,32)/b23-11+. The number of carbonyl (C=O) groups is 3. The van der Waals surface area contributed by atoms with E-state index in [1.165, 1.54) is 39.7 Å². The number of nitrogens with one attached hydrogen (secondary N) is 2.